The van der Waals surface area contributed by atoms with Crippen LogP contribution in [-0.4, -0.2) is 35.5 Å². The summed E-state index contributed by atoms with van der Waals surface area (Å²) in [6.07, 6.45) is 0.810. The van der Waals surface area contributed by atoms with Gasteiger partial charge in [0.05, 0.1) is 0 Å². The number of rotatable bonds is 9. The van der Waals surface area contributed by atoms with E-state index in [1.807, 2.05) is 6.92 Å². The molecule has 80 valence electrons. The van der Waals surface area contributed by atoms with Gasteiger partial charge in [-0.15, -0.1) is 0 Å². The molecule has 0 unspecified atom stereocenters. The molecule has 0 N–H and O–H groups in total. The Bertz CT molecular complexity index is 115. The summed E-state index contributed by atoms with van der Waals surface area (Å²) < 4.78 is 20.6. The smallest absolute Gasteiger partial charge is 0.351 e. The van der Waals surface area contributed by atoms with Crippen LogP contribution in [-0.2, 0) is 17.7 Å². The molecule has 0 spiro atoms. The lowest BCUT2D eigenvalue weighted by Gasteiger charge is -2.26. The molecule has 0 saturated carbocycles. The maximum atomic E-state index is 5.33. The molecule has 0 atom stereocenters. The fraction of sp³-hybridized carbons (Fsp3) is 0.667. The molecule has 0 heterocycles. The third-order valence-corrected chi connectivity index (χ3v) is 3.38. The molecule has 0 bridgehead atoms. The number of hydrogen-bond donors (Lipinski definition) is 0. The Kier molecular flexibility index (Phi) is 8.41. The zero-order valence-corrected chi connectivity index (χ0v) is 9.40. The molecule has 0 aromatic rings. The van der Waals surface area contributed by atoms with E-state index in [1.165, 1.54) is 0 Å². The van der Waals surface area contributed by atoms with Crippen LogP contribution < -0.4 is 0 Å². The van der Waals surface area contributed by atoms with Crippen LogP contribution in [0.2, 0.25) is 0 Å². The van der Waals surface area contributed by atoms with Crippen LogP contribution in [0.3, 0.4) is 0 Å². The SMILES string of the molecule is [CH]CO[Si](OC[CH])(OC[CH])OCCC. The molecule has 0 rings (SSSR count). The zero-order chi connectivity index (χ0) is 10.9. The Balaban J connectivity index is 4.21. The van der Waals surface area contributed by atoms with Gasteiger partial charge < -0.3 is 17.7 Å². The van der Waals surface area contributed by atoms with Crippen LogP contribution in [0.25, 0.3) is 0 Å². The average Bonchev–Trinajstić information content (AvgIpc) is 2.16. The summed E-state index contributed by atoms with van der Waals surface area (Å²) in [5.41, 5.74) is 0. The summed E-state index contributed by atoms with van der Waals surface area (Å²) in [6, 6.07) is 0. The Morgan fingerprint density at radius 3 is 1.57 bits per heavy atom. The van der Waals surface area contributed by atoms with E-state index in [0.29, 0.717) is 6.61 Å². The predicted molar refractivity (Wildman–Crippen MR) is 52.8 cm³/mol. The Morgan fingerprint density at radius 1 is 0.857 bits per heavy atom. The lowest BCUT2D eigenvalue weighted by Crippen LogP contribution is -2.49. The van der Waals surface area contributed by atoms with E-state index < -0.39 is 9.05 Å². The van der Waals surface area contributed by atoms with E-state index in [-0.39, 0.29) is 19.8 Å². The van der Waals surface area contributed by atoms with Gasteiger partial charge in [-0.1, -0.05) is 6.92 Å². The molecule has 0 aromatic heterocycles. The Hall–Kier alpha value is 0.0569. The maximum Gasteiger partial charge on any atom is 0.679 e. The fourth-order valence-electron chi connectivity index (χ4n) is 0.783. The molecular weight excluding hydrogens is 200 g/mol. The van der Waals surface area contributed by atoms with Crippen molar-refractivity contribution in [3.05, 3.63) is 20.8 Å². The molecule has 0 fully saturated rings. The lowest BCUT2D eigenvalue weighted by molar-refractivity contribution is -0.0188. The summed E-state index contributed by atoms with van der Waals surface area (Å²) in [5, 5.41) is 0. The Labute approximate surface area is 88.0 Å². The minimum atomic E-state index is -3.19. The van der Waals surface area contributed by atoms with Crippen molar-refractivity contribution in [1.29, 1.82) is 0 Å². The van der Waals surface area contributed by atoms with E-state index in [0.717, 1.165) is 6.42 Å². The quantitative estimate of drug-likeness (QED) is 0.539. The van der Waals surface area contributed by atoms with Crippen molar-refractivity contribution in [1.82, 2.24) is 0 Å². The molecule has 0 aliphatic rings. The maximum absolute atomic E-state index is 5.33. The average molecular weight is 216 g/mol. The first-order chi connectivity index (χ1) is 6.74. The minimum Gasteiger partial charge on any atom is -0.351 e. The van der Waals surface area contributed by atoms with Gasteiger partial charge in [0.2, 0.25) is 0 Å². The monoisotopic (exact) mass is 216 g/mol. The second kappa shape index (κ2) is 8.37. The molecule has 0 aliphatic heterocycles. The lowest BCUT2D eigenvalue weighted by atomic mass is 10.5. The van der Waals surface area contributed by atoms with Gasteiger partial charge in [0.1, 0.15) is 0 Å². The summed E-state index contributed by atoms with van der Waals surface area (Å²) in [6.45, 7) is 17.9. The van der Waals surface area contributed by atoms with Crippen LogP contribution in [0.5, 0.6) is 0 Å². The third kappa shape index (κ3) is 5.07. The van der Waals surface area contributed by atoms with Gasteiger partial charge in [-0.2, -0.15) is 0 Å². The highest BCUT2D eigenvalue weighted by molar-refractivity contribution is 6.53. The predicted octanol–water partition coefficient (Wildman–Crippen LogP) is 1.03. The van der Waals surface area contributed by atoms with Crippen LogP contribution in [0.15, 0.2) is 0 Å². The van der Waals surface area contributed by atoms with Crippen LogP contribution in [0.4, 0.5) is 0 Å². The summed E-state index contributed by atoms with van der Waals surface area (Å²) in [4.78, 5) is 0. The van der Waals surface area contributed by atoms with E-state index in [4.69, 9.17) is 38.5 Å². The molecule has 4 nitrogen and oxygen atoms in total. The van der Waals surface area contributed by atoms with E-state index in [2.05, 4.69) is 0 Å². The van der Waals surface area contributed by atoms with E-state index in [9.17, 15) is 0 Å². The zero-order valence-electron chi connectivity index (χ0n) is 8.40. The first kappa shape index (κ1) is 14.1. The van der Waals surface area contributed by atoms with E-state index >= 15 is 0 Å². The van der Waals surface area contributed by atoms with Crippen molar-refractivity contribution in [2.75, 3.05) is 26.4 Å². The van der Waals surface area contributed by atoms with Crippen molar-refractivity contribution >= 4 is 9.05 Å². The first-order valence-electron chi connectivity index (χ1n) is 4.40. The highest BCUT2D eigenvalue weighted by atomic mass is 28.4. The molecule has 0 saturated heterocycles. The molecule has 14 heavy (non-hydrogen) atoms. The van der Waals surface area contributed by atoms with Crippen molar-refractivity contribution in [2.24, 2.45) is 0 Å². The van der Waals surface area contributed by atoms with Gasteiger partial charge in [0, 0.05) is 26.4 Å². The van der Waals surface area contributed by atoms with Crippen LogP contribution >= 0.6 is 0 Å². The van der Waals surface area contributed by atoms with Crippen LogP contribution in [0, 0.1) is 20.8 Å². The molecule has 0 aliphatic carbocycles. The molecule has 0 aromatic carbocycles. The second-order valence-corrected chi connectivity index (χ2v) is 4.44. The summed E-state index contributed by atoms with van der Waals surface area (Å²) >= 11 is 0. The second-order valence-electron chi connectivity index (χ2n) is 2.28. The van der Waals surface area contributed by atoms with Crippen molar-refractivity contribution in [3.63, 3.8) is 0 Å². The Morgan fingerprint density at radius 2 is 1.29 bits per heavy atom. The topological polar surface area (TPSA) is 36.9 Å². The highest BCUT2D eigenvalue weighted by Crippen LogP contribution is 2.11. The molecule has 6 radical (unpaired) electrons. The van der Waals surface area contributed by atoms with E-state index in [1.54, 1.807) is 0 Å². The molecular formula is C9H16O4Si. The number of hydrogen-bond acceptors (Lipinski definition) is 4. The van der Waals surface area contributed by atoms with Gasteiger partial charge in [-0.25, -0.2) is 0 Å². The van der Waals surface area contributed by atoms with Crippen molar-refractivity contribution < 1.29 is 17.7 Å². The van der Waals surface area contributed by atoms with Gasteiger partial charge in [-0.3, -0.25) is 0 Å². The molecule has 0 amide bonds. The van der Waals surface area contributed by atoms with Crippen LogP contribution in [0.1, 0.15) is 13.3 Å². The van der Waals surface area contributed by atoms with Gasteiger partial charge in [-0.05, 0) is 27.2 Å². The highest BCUT2D eigenvalue weighted by Gasteiger charge is 2.44. The normalized spacial score (nSPS) is 12.0. The van der Waals surface area contributed by atoms with Crippen molar-refractivity contribution in [3.8, 4) is 0 Å². The van der Waals surface area contributed by atoms with Crippen molar-refractivity contribution in [2.45, 2.75) is 13.3 Å². The fourth-order valence-corrected chi connectivity index (χ4v) is 2.35. The summed E-state index contributed by atoms with van der Waals surface area (Å²) in [5.74, 6) is 0. The standard InChI is InChI=1S/C9H16O4Si/c1-5-9-13-14(10-6-2,11-7-3)12-8-4/h2-4H,5-9H2,1H3. The van der Waals surface area contributed by atoms with Gasteiger partial charge >= 0.3 is 9.05 Å². The summed E-state index contributed by atoms with van der Waals surface area (Å²) in [7, 11) is -3.19. The minimum absolute atomic E-state index is 0.0596. The van der Waals surface area contributed by atoms with Gasteiger partial charge in [0.25, 0.3) is 0 Å². The first-order valence-corrected chi connectivity index (χ1v) is 6.04. The largest absolute Gasteiger partial charge is 0.679 e. The molecule has 5 heteroatoms. The van der Waals surface area contributed by atoms with Gasteiger partial charge in [0.15, 0.2) is 0 Å². The third-order valence-electron chi connectivity index (χ3n) is 1.26.